The van der Waals surface area contributed by atoms with Gasteiger partial charge in [-0.05, 0) is 33.1 Å². The number of anilines is 1. The zero-order valence-corrected chi connectivity index (χ0v) is 11.9. The van der Waals surface area contributed by atoms with Gasteiger partial charge in [0, 0.05) is 18.5 Å². The van der Waals surface area contributed by atoms with Crippen molar-refractivity contribution in [2.24, 2.45) is 0 Å². The van der Waals surface area contributed by atoms with Gasteiger partial charge in [-0.25, -0.2) is 4.98 Å². The van der Waals surface area contributed by atoms with E-state index in [0.29, 0.717) is 11.8 Å². The molecule has 0 aromatic carbocycles. The minimum Gasteiger partial charge on any atom is -0.458 e. The van der Waals surface area contributed by atoms with E-state index in [0.717, 1.165) is 37.4 Å². The summed E-state index contributed by atoms with van der Waals surface area (Å²) in [6.45, 7) is 6.71. The van der Waals surface area contributed by atoms with Crippen LogP contribution in [0.1, 0.15) is 51.8 Å². The van der Waals surface area contributed by atoms with Crippen LogP contribution in [0.4, 0.5) is 5.82 Å². The second-order valence-corrected chi connectivity index (χ2v) is 5.41. The van der Waals surface area contributed by atoms with Gasteiger partial charge in [0.1, 0.15) is 11.6 Å². The SMILES string of the molecule is C#CC(C)(C)Oc1cc(NCCC)nc(C2CC2)n1. The molecule has 0 aliphatic heterocycles. The van der Waals surface area contributed by atoms with Crippen molar-refractivity contribution in [2.45, 2.75) is 51.6 Å². The summed E-state index contributed by atoms with van der Waals surface area (Å²) in [4.78, 5) is 9.00. The standard InChI is InChI=1S/C15H21N3O/c1-5-9-16-12-10-13(19-15(3,4)6-2)18-14(17-12)11-7-8-11/h2,10-11H,5,7-9H2,1,3-4H3,(H,16,17,18). The average molecular weight is 259 g/mol. The smallest absolute Gasteiger partial charge is 0.220 e. The Labute approximate surface area is 115 Å². The first-order chi connectivity index (χ1) is 9.04. The van der Waals surface area contributed by atoms with Crippen LogP contribution in [-0.2, 0) is 0 Å². The Morgan fingerprint density at radius 1 is 1.47 bits per heavy atom. The number of nitrogens with one attached hydrogen (secondary N) is 1. The van der Waals surface area contributed by atoms with E-state index in [4.69, 9.17) is 11.2 Å². The number of ether oxygens (including phenoxy) is 1. The molecule has 4 heteroatoms. The predicted molar refractivity (Wildman–Crippen MR) is 76.3 cm³/mol. The summed E-state index contributed by atoms with van der Waals surface area (Å²) in [6.07, 6.45) is 8.82. The molecule has 1 fully saturated rings. The summed E-state index contributed by atoms with van der Waals surface area (Å²) in [5.74, 6) is 5.34. The molecule has 4 nitrogen and oxygen atoms in total. The Kier molecular flexibility index (Phi) is 3.94. The number of hydrogen-bond donors (Lipinski definition) is 1. The van der Waals surface area contributed by atoms with E-state index < -0.39 is 5.60 Å². The van der Waals surface area contributed by atoms with Gasteiger partial charge < -0.3 is 10.1 Å². The molecule has 1 saturated carbocycles. The topological polar surface area (TPSA) is 47.0 Å². The Balaban J connectivity index is 2.21. The van der Waals surface area contributed by atoms with Crippen molar-refractivity contribution in [3.05, 3.63) is 11.9 Å². The van der Waals surface area contributed by atoms with Gasteiger partial charge in [0.05, 0.1) is 0 Å². The summed E-state index contributed by atoms with van der Waals surface area (Å²) in [6, 6.07) is 1.82. The molecular formula is C15H21N3O. The zero-order chi connectivity index (χ0) is 13.9. The number of nitrogens with zero attached hydrogens (tertiary/aromatic N) is 2. The van der Waals surface area contributed by atoms with Crippen molar-refractivity contribution < 1.29 is 4.74 Å². The highest BCUT2D eigenvalue weighted by Gasteiger charge is 2.28. The first-order valence-electron chi connectivity index (χ1n) is 6.83. The fourth-order valence-corrected chi connectivity index (χ4v) is 1.65. The zero-order valence-electron chi connectivity index (χ0n) is 11.9. The van der Waals surface area contributed by atoms with E-state index in [1.165, 1.54) is 0 Å². The van der Waals surface area contributed by atoms with Crippen molar-refractivity contribution >= 4 is 5.82 Å². The highest BCUT2D eigenvalue weighted by atomic mass is 16.5. The molecule has 0 saturated heterocycles. The van der Waals surface area contributed by atoms with Crippen LogP contribution in [0, 0.1) is 12.3 Å². The molecular weight excluding hydrogens is 238 g/mol. The number of rotatable bonds is 6. The first-order valence-corrected chi connectivity index (χ1v) is 6.83. The van der Waals surface area contributed by atoms with Crippen LogP contribution >= 0.6 is 0 Å². The van der Waals surface area contributed by atoms with Crippen LogP contribution in [0.3, 0.4) is 0 Å². The second-order valence-electron chi connectivity index (χ2n) is 5.41. The summed E-state index contributed by atoms with van der Waals surface area (Å²) in [5, 5.41) is 3.28. The monoisotopic (exact) mass is 259 g/mol. The van der Waals surface area contributed by atoms with E-state index in [-0.39, 0.29) is 0 Å². The Bertz CT molecular complexity index is 487. The molecule has 1 aliphatic carbocycles. The van der Waals surface area contributed by atoms with Gasteiger partial charge >= 0.3 is 0 Å². The molecule has 0 spiro atoms. The van der Waals surface area contributed by atoms with Gasteiger partial charge in [-0.15, -0.1) is 6.42 Å². The van der Waals surface area contributed by atoms with Gasteiger partial charge in [-0.2, -0.15) is 4.98 Å². The maximum absolute atomic E-state index is 5.76. The maximum atomic E-state index is 5.76. The van der Waals surface area contributed by atoms with E-state index >= 15 is 0 Å². The summed E-state index contributed by atoms with van der Waals surface area (Å²) < 4.78 is 5.76. The van der Waals surface area contributed by atoms with Crippen LogP contribution in [-0.4, -0.2) is 22.1 Å². The quantitative estimate of drug-likeness (QED) is 0.798. The normalized spacial score (nSPS) is 14.8. The van der Waals surface area contributed by atoms with Gasteiger partial charge in [0.25, 0.3) is 0 Å². The van der Waals surface area contributed by atoms with Crippen molar-refractivity contribution in [3.8, 4) is 18.2 Å². The number of terminal acetylenes is 1. The van der Waals surface area contributed by atoms with Crippen LogP contribution in [0.25, 0.3) is 0 Å². The van der Waals surface area contributed by atoms with Crippen molar-refractivity contribution in [2.75, 3.05) is 11.9 Å². The minimum absolute atomic E-state index is 0.486. The fraction of sp³-hybridized carbons (Fsp3) is 0.600. The molecule has 0 unspecified atom stereocenters. The van der Waals surface area contributed by atoms with E-state index in [9.17, 15) is 0 Å². The van der Waals surface area contributed by atoms with Crippen LogP contribution in [0.2, 0.25) is 0 Å². The molecule has 0 atom stereocenters. The largest absolute Gasteiger partial charge is 0.458 e. The van der Waals surface area contributed by atoms with Crippen molar-refractivity contribution in [1.82, 2.24) is 9.97 Å². The molecule has 2 rings (SSSR count). The predicted octanol–water partition coefficient (Wildman–Crippen LogP) is 2.97. The lowest BCUT2D eigenvalue weighted by molar-refractivity contribution is 0.164. The third-order valence-corrected chi connectivity index (χ3v) is 2.93. The van der Waals surface area contributed by atoms with Crippen molar-refractivity contribution in [1.29, 1.82) is 0 Å². The highest BCUT2D eigenvalue weighted by Crippen LogP contribution is 2.39. The lowest BCUT2D eigenvalue weighted by atomic mass is 10.1. The van der Waals surface area contributed by atoms with Crippen LogP contribution in [0.5, 0.6) is 5.88 Å². The molecule has 1 heterocycles. The van der Waals surface area contributed by atoms with Gasteiger partial charge in [-0.1, -0.05) is 12.8 Å². The number of aromatic nitrogens is 2. The minimum atomic E-state index is -0.656. The summed E-state index contributed by atoms with van der Waals surface area (Å²) in [5.41, 5.74) is -0.656. The van der Waals surface area contributed by atoms with E-state index in [1.54, 1.807) is 0 Å². The van der Waals surface area contributed by atoms with Gasteiger partial charge in [0.2, 0.25) is 5.88 Å². The van der Waals surface area contributed by atoms with Crippen LogP contribution < -0.4 is 10.1 Å². The van der Waals surface area contributed by atoms with E-state index in [2.05, 4.69) is 28.1 Å². The van der Waals surface area contributed by atoms with Gasteiger partial charge in [0.15, 0.2) is 5.60 Å². The molecule has 0 bridgehead atoms. The molecule has 1 aliphatic rings. The Morgan fingerprint density at radius 2 is 2.21 bits per heavy atom. The molecule has 0 radical (unpaired) electrons. The molecule has 102 valence electrons. The highest BCUT2D eigenvalue weighted by molar-refractivity contribution is 5.39. The average Bonchev–Trinajstić information content (AvgIpc) is 3.20. The van der Waals surface area contributed by atoms with Gasteiger partial charge in [-0.3, -0.25) is 0 Å². The van der Waals surface area contributed by atoms with Crippen molar-refractivity contribution in [3.63, 3.8) is 0 Å². The second kappa shape index (κ2) is 5.48. The third-order valence-electron chi connectivity index (χ3n) is 2.93. The molecule has 1 aromatic rings. The van der Waals surface area contributed by atoms with Crippen LogP contribution in [0.15, 0.2) is 6.07 Å². The Hall–Kier alpha value is -1.76. The van der Waals surface area contributed by atoms with E-state index in [1.807, 2.05) is 19.9 Å². The molecule has 1 aromatic heterocycles. The lowest BCUT2D eigenvalue weighted by Gasteiger charge is -2.20. The molecule has 1 N–H and O–H groups in total. The fourth-order valence-electron chi connectivity index (χ4n) is 1.65. The Morgan fingerprint density at radius 3 is 2.79 bits per heavy atom. The summed E-state index contributed by atoms with van der Waals surface area (Å²) in [7, 11) is 0. The maximum Gasteiger partial charge on any atom is 0.220 e. The molecule has 19 heavy (non-hydrogen) atoms. The number of hydrogen-bond acceptors (Lipinski definition) is 4. The molecule has 0 amide bonds. The third kappa shape index (κ3) is 3.85. The first kappa shape index (κ1) is 13.7. The lowest BCUT2D eigenvalue weighted by Crippen LogP contribution is -2.26. The summed E-state index contributed by atoms with van der Waals surface area (Å²) >= 11 is 0.